The van der Waals surface area contributed by atoms with Crippen molar-refractivity contribution in [3.63, 3.8) is 0 Å². The van der Waals surface area contributed by atoms with Crippen molar-refractivity contribution < 1.29 is 65.8 Å². The second-order valence-electron chi connectivity index (χ2n) is 31.5. The van der Waals surface area contributed by atoms with Crippen molar-refractivity contribution in [1.29, 1.82) is 0 Å². The van der Waals surface area contributed by atoms with Gasteiger partial charge in [-0.1, -0.05) is 198 Å². The minimum Gasteiger partial charge on any atom is 0 e. The van der Waals surface area contributed by atoms with Gasteiger partial charge in [-0.15, -0.1) is 71.8 Å². The Bertz CT molecular complexity index is 5820. The van der Waals surface area contributed by atoms with Crippen molar-refractivity contribution in [2.75, 3.05) is 0 Å². The zero-order valence-corrected chi connectivity index (χ0v) is 72.0. The minimum absolute atomic E-state index is 0. The van der Waals surface area contributed by atoms with Crippen LogP contribution in [0.25, 0.3) is 111 Å². The first-order valence-corrected chi connectivity index (χ1v) is 47.4. The zero-order valence-electron chi connectivity index (χ0n) is 73.1. The summed E-state index contributed by atoms with van der Waals surface area (Å²) < 4.78 is 104. The Kier molecular flexibility index (Phi) is 22.7. The minimum atomic E-state index is -2.41. The van der Waals surface area contributed by atoms with Crippen LogP contribution >= 0.6 is 0 Å². The Balaban J connectivity index is 0.000000169. The predicted octanol–water partition coefficient (Wildman–Crippen LogP) is 24.3. The number of furan rings is 2. The summed E-state index contributed by atoms with van der Waals surface area (Å²) in [5.74, 6) is 7.40. The largest absolute Gasteiger partial charge is 0 e. The molecule has 1 aliphatic carbocycles. The summed E-state index contributed by atoms with van der Waals surface area (Å²) in [6.07, 6.45) is 4.52. The topological polar surface area (TPSA) is 90.7 Å². The molecule has 0 atom stereocenters. The molecule has 0 saturated heterocycles. The molecule has 2 radical (unpaired) electrons. The number of aromatic nitrogens is 5. The van der Waals surface area contributed by atoms with E-state index in [1.165, 1.54) is 34.1 Å². The summed E-state index contributed by atoms with van der Waals surface area (Å²) in [7, 11) is -1.34. The van der Waals surface area contributed by atoms with Crippen LogP contribution in [0.5, 0.6) is 0 Å². The zero-order chi connectivity index (χ0) is 82.4. The maximum atomic E-state index is 14.5. The van der Waals surface area contributed by atoms with Gasteiger partial charge in [0.05, 0.1) is 24.9 Å². The standard InChI is InChI=1S/C32H30NO.C26H21N2O.C19H25FGeN.C18H24NSi.2Ir/c1-20-9-15-26(28-17-22-7-5-6-8-24(22)19-33-28)31-30(20)27-16-12-23(18-29(27)34-31)21-10-13-25(14-11-21)32(2,3)4;1-17(2)15-18-13-14-27-24(16-18)22-10-6-9-20-21-11-12-23(19-7-4-3-5-8-19)28-26(21)29-25(20)22;1-13(2)10-15-11-18(22-12-17(15)21(4,5)6)16-9-7-8-14(3)19(16)20;1-14(2)11-16-12-17(15-9-7-6-8-10-15)19-13-18(16)20(3,4)5;;/h9-14,16-19H,5-8H2,1-4H3;3-9,11-14,16-17H,15H2,1-2H3;7-8,11-13H,10H2,1-6H3;6-9,12-14H,11H2,1-5H3;;/q4*-1;;/i1D3,7D2,8D2;;10D2;;;. The number of nitrogens with zero attached hydrogens (tertiary/aromatic N) is 5. The number of aryl methyl sites for hydroxylation is 4. The van der Waals surface area contributed by atoms with Crippen LogP contribution in [0.1, 0.15) is 132 Å². The molecule has 7 nitrogen and oxygen atoms in total. The first kappa shape index (κ1) is 69.3. The Morgan fingerprint density at radius 3 is 1.92 bits per heavy atom. The summed E-state index contributed by atoms with van der Waals surface area (Å²) >= 11 is -2.33. The van der Waals surface area contributed by atoms with E-state index in [1.54, 1.807) is 37.4 Å². The van der Waals surface area contributed by atoms with Crippen molar-refractivity contribution in [3.05, 3.63) is 269 Å². The fourth-order valence-electron chi connectivity index (χ4n) is 13.3. The molecule has 554 valence electrons. The van der Waals surface area contributed by atoms with E-state index in [0.717, 1.165) is 78.5 Å². The van der Waals surface area contributed by atoms with Gasteiger partial charge in [0.25, 0.3) is 0 Å². The molecular weight excluding hydrogens is 1750 g/mol. The van der Waals surface area contributed by atoms with Crippen LogP contribution in [0.2, 0.25) is 36.9 Å². The molecular formula is C95H100FGeIr2N5O2Si-4. The number of rotatable bonds is 14. The Morgan fingerprint density at radius 2 is 1.22 bits per heavy atom. The number of hydrogen-bond donors (Lipinski definition) is 0. The van der Waals surface area contributed by atoms with Gasteiger partial charge in [0.1, 0.15) is 5.58 Å². The van der Waals surface area contributed by atoms with Gasteiger partial charge in [0.2, 0.25) is 5.71 Å². The van der Waals surface area contributed by atoms with Crippen LogP contribution in [0.3, 0.4) is 0 Å². The molecule has 0 spiro atoms. The SMILES string of the molecule is CC(C)Cc1cc(-c2[c-]cccc2)ncc1[Si](C)(C)C.CC(C)Cc1ccnc(-c2[c-]ccc3c2oc2nc(-c4ccccc4)ccc23)c1.[2H]C([2H])([2H])c1c[c-]c(-c2cc3c(cn2)C([2H])([2H])CCC3([2H])[2H])c2oc3cc(-c4ccc(C(C)(C)C)cc4)ccc3c12.[2H]C([2H])(c1cc(-c2[c-]ccc(C)c2F)nc[c]1[Ge]([CH3])([CH3])[CH3])C(C)C.[Ir].[Ir]. The summed E-state index contributed by atoms with van der Waals surface area (Å²) in [5.41, 5.74) is 17.4. The molecule has 0 aliphatic heterocycles. The van der Waals surface area contributed by atoms with Crippen LogP contribution in [0.4, 0.5) is 4.39 Å². The van der Waals surface area contributed by atoms with Crippen LogP contribution in [-0.2, 0) is 77.6 Å². The number of fused-ring (bicyclic) bond motifs is 7. The molecule has 15 rings (SSSR count). The molecule has 0 bridgehead atoms. The second-order valence-corrected chi connectivity index (χ2v) is 47.1. The molecule has 7 heterocycles. The quantitative estimate of drug-likeness (QED) is 0.0791. The van der Waals surface area contributed by atoms with Crippen LogP contribution < -0.4 is 9.58 Å². The number of pyridine rings is 5. The van der Waals surface area contributed by atoms with Crippen LogP contribution in [0.15, 0.2) is 203 Å². The van der Waals surface area contributed by atoms with Gasteiger partial charge in [-0.25, -0.2) is 4.98 Å². The van der Waals surface area contributed by atoms with Gasteiger partial charge in [-0.05, 0) is 124 Å². The summed E-state index contributed by atoms with van der Waals surface area (Å²) in [6.45, 7) is 25.7. The first-order chi connectivity index (χ1) is 53.6. The van der Waals surface area contributed by atoms with E-state index in [4.69, 9.17) is 26.2 Å². The molecule has 0 unspecified atom stereocenters. The first-order valence-electron chi connectivity index (χ1n) is 41.0. The summed E-state index contributed by atoms with van der Waals surface area (Å²) in [5, 5.41) is 4.64. The van der Waals surface area contributed by atoms with Gasteiger partial charge >= 0.3 is 139 Å². The van der Waals surface area contributed by atoms with Crippen molar-refractivity contribution in [1.82, 2.24) is 24.9 Å². The van der Waals surface area contributed by atoms with Crippen molar-refractivity contribution in [3.8, 4) is 67.4 Å². The van der Waals surface area contributed by atoms with Crippen molar-refractivity contribution in [2.45, 2.75) is 163 Å². The molecule has 14 aromatic rings. The third-order valence-corrected chi connectivity index (χ3v) is 24.9. The molecule has 12 heteroatoms. The van der Waals surface area contributed by atoms with E-state index in [1.807, 2.05) is 92.8 Å². The van der Waals surface area contributed by atoms with Crippen molar-refractivity contribution in [2.24, 2.45) is 17.8 Å². The molecule has 107 heavy (non-hydrogen) atoms. The average Bonchev–Trinajstić information content (AvgIpc) is 1.45. The van der Waals surface area contributed by atoms with E-state index in [0.29, 0.717) is 73.1 Å². The number of halogens is 1. The summed E-state index contributed by atoms with van der Waals surface area (Å²) in [4.78, 5) is 23.0. The third kappa shape index (κ3) is 19.5. The van der Waals surface area contributed by atoms with Crippen molar-refractivity contribution >= 4 is 74.9 Å². The van der Waals surface area contributed by atoms with Gasteiger partial charge in [0, 0.05) is 84.7 Å². The summed E-state index contributed by atoms with van der Waals surface area (Å²) in [6, 6.07) is 67.6. The third-order valence-electron chi connectivity index (χ3n) is 18.6. The van der Waals surface area contributed by atoms with Crippen LogP contribution in [0, 0.1) is 61.6 Å². The van der Waals surface area contributed by atoms with Gasteiger partial charge in [-0.2, -0.15) is 0 Å². The normalized spacial score (nSPS) is 14.7. The van der Waals surface area contributed by atoms with E-state index in [2.05, 4.69) is 203 Å². The smallest absolute Gasteiger partial charge is 0 e. The maximum absolute atomic E-state index is 14.5. The van der Waals surface area contributed by atoms with Gasteiger partial charge in [0.15, 0.2) is 0 Å². The van der Waals surface area contributed by atoms with E-state index < -0.39 is 47.3 Å². The monoisotopic (exact) mass is 1860 g/mol. The number of hydrogen-bond acceptors (Lipinski definition) is 7. The average molecular weight is 1860 g/mol. The van der Waals surface area contributed by atoms with E-state index in [-0.39, 0.29) is 86.9 Å². The van der Waals surface area contributed by atoms with Gasteiger partial charge in [-0.3, -0.25) is 0 Å². The Morgan fingerprint density at radius 1 is 0.570 bits per heavy atom. The predicted molar refractivity (Wildman–Crippen MR) is 444 cm³/mol. The van der Waals surface area contributed by atoms with E-state index in [9.17, 15) is 4.39 Å². The van der Waals surface area contributed by atoms with Crippen LogP contribution in [-0.4, -0.2) is 46.3 Å². The maximum Gasteiger partial charge on any atom is 0 e. The molecule has 0 amide bonds. The Hall–Kier alpha value is -8.12. The molecule has 0 fully saturated rings. The number of benzene rings is 7. The molecule has 0 N–H and O–H groups in total. The molecule has 1 aliphatic rings. The fraction of sp³-hybridized carbons (Fsp3) is 0.295. The molecule has 7 aromatic carbocycles. The van der Waals surface area contributed by atoms with Gasteiger partial charge < -0.3 is 23.8 Å². The molecule has 0 saturated carbocycles. The fourth-order valence-corrected chi connectivity index (χ4v) is 17.8. The van der Waals surface area contributed by atoms with E-state index >= 15 is 0 Å². The Labute approximate surface area is 678 Å². The second kappa shape index (κ2) is 35.1. The molecule has 7 aromatic heterocycles.